The molecule has 0 saturated heterocycles. The number of hydrogen-bond donors (Lipinski definition) is 10. The van der Waals surface area contributed by atoms with E-state index in [4.69, 9.17) is 0 Å². The van der Waals surface area contributed by atoms with Crippen molar-refractivity contribution in [1.29, 1.82) is 0 Å². The van der Waals surface area contributed by atoms with E-state index in [9.17, 15) is 40.2 Å². The quantitative estimate of drug-likeness (QED) is 0.100. The fourth-order valence-corrected chi connectivity index (χ4v) is 6.44. The van der Waals surface area contributed by atoms with Crippen LogP contribution in [0.5, 0.6) is 0 Å². The van der Waals surface area contributed by atoms with E-state index in [0.717, 1.165) is 22.3 Å². The molecule has 12 heteroatoms. The Bertz CT molecular complexity index is 2070. The largest absolute Gasteiger partial charge is 0.481 e. The summed E-state index contributed by atoms with van der Waals surface area (Å²) in [6, 6.07) is 0. The van der Waals surface area contributed by atoms with Crippen molar-refractivity contribution in [1.82, 2.24) is 19.9 Å². The molecule has 0 spiro atoms. The number of H-pyrrole nitrogens is 4. The molecule has 10 N–H and O–H groups in total. The van der Waals surface area contributed by atoms with Gasteiger partial charge in [-0.1, -0.05) is 0 Å². The number of aromatic nitrogens is 4. The highest BCUT2D eigenvalue weighted by Crippen LogP contribution is 2.27. The summed E-state index contributed by atoms with van der Waals surface area (Å²) in [6.07, 6.45) is 5.26. The Hall–Kier alpha value is -4.62. The molecule has 0 aromatic carbocycles. The summed E-state index contributed by atoms with van der Waals surface area (Å²) >= 11 is 0. The van der Waals surface area contributed by atoms with E-state index >= 15 is 0 Å². The lowest BCUT2D eigenvalue weighted by Crippen LogP contribution is -2.16. The molecule has 1 aliphatic rings. The maximum atomic E-state index is 11.6. The minimum Gasteiger partial charge on any atom is -0.481 e. The number of aromatic amines is 4. The van der Waals surface area contributed by atoms with Crippen LogP contribution in [0.2, 0.25) is 0 Å². The first kappa shape index (κ1) is 32.8. The SMILES string of the molecule is Cc1c2[nH]c(c1CCC(=O)O)C=c1[nH]c(c(C)c1CCC(=O)O)=Cc1[nH]c(c([C@H](O)CO)c1C)C=c1[nH]c(c([C@@H](O)CO)c1C)=C2. The highest BCUT2D eigenvalue weighted by atomic mass is 16.4. The van der Waals surface area contributed by atoms with Crippen molar-refractivity contribution >= 4 is 36.2 Å². The maximum Gasteiger partial charge on any atom is 0.303 e. The molecule has 46 heavy (non-hydrogen) atoms. The van der Waals surface area contributed by atoms with Gasteiger partial charge in [-0.15, -0.1) is 0 Å². The van der Waals surface area contributed by atoms with Crippen molar-refractivity contribution in [3.63, 3.8) is 0 Å². The summed E-state index contributed by atoms with van der Waals surface area (Å²) in [5.74, 6) is -1.88. The molecule has 5 heterocycles. The van der Waals surface area contributed by atoms with Crippen molar-refractivity contribution in [2.45, 2.75) is 65.6 Å². The second-order valence-electron chi connectivity index (χ2n) is 11.9. The molecule has 0 unspecified atom stereocenters. The second-order valence-corrected chi connectivity index (χ2v) is 11.9. The average molecular weight is 633 g/mol. The summed E-state index contributed by atoms with van der Waals surface area (Å²) in [5, 5.41) is 63.0. The van der Waals surface area contributed by atoms with Gasteiger partial charge in [0.25, 0.3) is 0 Å². The van der Waals surface area contributed by atoms with Gasteiger partial charge in [-0.25, -0.2) is 0 Å². The van der Waals surface area contributed by atoms with E-state index in [1.165, 1.54) is 0 Å². The number of hydrogen-bond acceptors (Lipinski definition) is 6. The van der Waals surface area contributed by atoms with E-state index in [-0.39, 0.29) is 25.7 Å². The molecule has 5 rings (SSSR count). The average Bonchev–Trinajstić information content (AvgIpc) is 3.67. The minimum absolute atomic E-state index is 0.0919. The van der Waals surface area contributed by atoms with Crippen LogP contribution < -0.4 is 21.4 Å². The zero-order valence-corrected chi connectivity index (χ0v) is 26.2. The summed E-state index contributed by atoms with van der Waals surface area (Å²) in [5.41, 5.74) is 8.10. The van der Waals surface area contributed by atoms with Crippen LogP contribution in [0.1, 0.15) is 92.3 Å². The fourth-order valence-electron chi connectivity index (χ4n) is 6.44. The Balaban J connectivity index is 1.94. The molecule has 0 aliphatic carbocycles. The van der Waals surface area contributed by atoms with E-state index in [1.807, 2.05) is 39.8 Å². The molecule has 0 radical (unpaired) electrons. The normalized spacial score (nSPS) is 13.7. The Morgan fingerprint density at radius 3 is 1.67 bits per heavy atom. The molecule has 8 bridgehead atoms. The van der Waals surface area contributed by atoms with Crippen LogP contribution in [0.3, 0.4) is 0 Å². The molecule has 244 valence electrons. The molecule has 1 aliphatic heterocycles. The predicted molar refractivity (Wildman–Crippen MR) is 171 cm³/mol. The zero-order chi connectivity index (χ0) is 33.4. The monoisotopic (exact) mass is 632 g/mol. The molecule has 12 nitrogen and oxygen atoms in total. The summed E-state index contributed by atoms with van der Waals surface area (Å²) in [4.78, 5) is 36.7. The van der Waals surface area contributed by atoms with Gasteiger partial charge in [-0.05, 0) is 98.2 Å². The molecule has 0 amide bonds. The number of aliphatic carboxylic acids is 2. The summed E-state index contributed by atoms with van der Waals surface area (Å²) < 4.78 is 0. The van der Waals surface area contributed by atoms with Crippen molar-refractivity contribution in [3.05, 3.63) is 88.7 Å². The summed E-state index contributed by atoms with van der Waals surface area (Å²) in [7, 11) is 0. The van der Waals surface area contributed by atoms with E-state index < -0.39 is 37.4 Å². The number of fused-ring (bicyclic) bond motifs is 8. The minimum atomic E-state index is -1.20. The number of aliphatic hydroxyl groups is 4. The molecular formula is C34H40N4O8. The lowest BCUT2D eigenvalue weighted by atomic mass is 10.0. The van der Waals surface area contributed by atoms with Crippen molar-refractivity contribution in [2.24, 2.45) is 0 Å². The van der Waals surface area contributed by atoms with Gasteiger partial charge in [-0.3, -0.25) is 9.59 Å². The van der Waals surface area contributed by atoms with Gasteiger partial charge in [-0.2, -0.15) is 0 Å². The van der Waals surface area contributed by atoms with E-state index in [1.54, 1.807) is 12.2 Å². The summed E-state index contributed by atoms with van der Waals surface area (Å²) in [6.45, 7) is 6.41. The van der Waals surface area contributed by atoms with Gasteiger partial charge in [0, 0.05) is 68.1 Å². The number of nitrogens with one attached hydrogen (secondary N) is 4. The van der Waals surface area contributed by atoms with Crippen LogP contribution in [0.4, 0.5) is 0 Å². The Morgan fingerprint density at radius 2 is 1.04 bits per heavy atom. The van der Waals surface area contributed by atoms with Crippen molar-refractivity contribution in [2.75, 3.05) is 13.2 Å². The van der Waals surface area contributed by atoms with Gasteiger partial charge in [0.15, 0.2) is 0 Å². The van der Waals surface area contributed by atoms with Crippen molar-refractivity contribution in [3.8, 4) is 0 Å². The first-order valence-corrected chi connectivity index (χ1v) is 15.1. The van der Waals surface area contributed by atoms with Gasteiger partial charge in [0.1, 0.15) is 12.2 Å². The van der Waals surface area contributed by atoms with E-state index in [2.05, 4.69) is 19.9 Å². The molecule has 0 fully saturated rings. The third-order valence-corrected chi connectivity index (χ3v) is 8.98. The predicted octanol–water partition coefficient (Wildman–Crippen LogP) is -0.0529. The first-order chi connectivity index (χ1) is 21.8. The van der Waals surface area contributed by atoms with Gasteiger partial charge >= 0.3 is 11.9 Å². The molecule has 4 aromatic rings. The van der Waals surface area contributed by atoms with Crippen LogP contribution in [0.25, 0.3) is 24.3 Å². The van der Waals surface area contributed by atoms with Crippen LogP contribution in [0.15, 0.2) is 0 Å². The smallest absolute Gasteiger partial charge is 0.303 e. The standard InChI is InChI=1S/C34H40N4O8/c1-15-19(5-7-31(43)44)25-12-26-20(6-8-32(45)46)16(2)22(36-26)10-27-34(30(42)14-40)18(4)24(38-27)11-28-33(29(41)13-39)17(3)23(37-28)9-21(15)35-25/h9-12,29-30,35-42H,5-8,13-14H2,1-4H3,(H,43,44)(H,45,46)/t29-,30+/m1/s1. The van der Waals surface area contributed by atoms with Crippen LogP contribution in [-0.2, 0) is 22.4 Å². The van der Waals surface area contributed by atoms with Gasteiger partial charge in [0.05, 0.1) is 13.2 Å². The third-order valence-electron chi connectivity index (χ3n) is 8.98. The number of carboxylic acid groups (broad SMARTS) is 2. The molecule has 4 aromatic heterocycles. The lowest BCUT2D eigenvalue weighted by Gasteiger charge is -2.08. The molecule has 0 saturated carbocycles. The van der Waals surface area contributed by atoms with Gasteiger partial charge < -0.3 is 50.6 Å². The topological polar surface area (TPSA) is 219 Å². The highest BCUT2D eigenvalue weighted by Gasteiger charge is 2.22. The van der Waals surface area contributed by atoms with Crippen LogP contribution in [-0.4, -0.2) is 75.7 Å². The van der Waals surface area contributed by atoms with Crippen LogP contribution in [0, 0.1) is 27.7 Å². The first-order valence-electron chi connectivity index (χ1n) is 15.1. The number of carboxylic acids is 2. The number of rotatable bonds is 10. The fraction of sp³-hybridized carbons (Fsp3) is 0.353. The molecule has 2 atom stereocenters. The van der Waals surface area contributed by atoms with E-state index in [0.29, 0.717) is 66.4 Å². The lowest BCUT2D eigenvalue weighted by molar-refractivity contribution is -0.138. The second kappa shape index (κ2) is 13.0. The number of carbonyl (C=O) groups is 2. The third kappa shape index (κ3) is 6.12. The van der Waals surface area contributed by atoms with Crippen molar-refractivity contribution < 1.29 is 40.2 Å². The maximum absolute atomic E-state index is 11.6. The number of aliphatic hydroxyl groups excluding tert-OH is 4. The van der Waals surface area contributed by atoms with Gasteiger partial charge in [0.2, 0.25) is 0 Å². The Labute approximate surface area is 263 Å². The van der Waals surface area contributed by atoms with Crippen LogP contribution >= 0.6 is 0 Å². The molecular weight excluding hydrogens is 592 g/mol. The highest BCUT2D eigenvalue weighted by molar-refractivity contribution is 5.70. The zero-order valence-electron chi connectivity index (χ0n) is 26.2. The Morgan fingerprint density at radius 1 is 0.565 bits per heavy atom. The Kier molecular flexibility index (Phi) is 9.27.